The number of hydrogen-bond donors (Lipinski definition) is 1. The van der Waals surface area contributed by atoms with Crippen molar-refractivity contribution >= 4 is 28.5 Å². The van der Waals surface area contributed by atoms with E-state index in [2.05, 4.69) is 15.4 Å². The number of fused-ring (bicyclic) bond motifs is 1. The van der Waals surface area contributed by atoms with Crippen molar-refractivity contribution in [2.45, 2.75) is 47.1 Å². The molecule has 152 valence electrons. The molecule has 1 amide bonds. The zero-order valence-corrected chi connectivity index (χ0v) is 17.7. The molecule has 0 aliphatic heterocycles. The van der Waals surface area contributed by atoms with Crippen LogP contribution in [-0.2, 0) is 23.0 Å². The van der Waals surface area contributed by atoms with E-state index in [0.29, 0.717) is 23.4 Å². The number of rotatable bonds is 5. The third-order valence-electron chi connectivity index (χ3n) is 5.19. The number of benzene rings is 1. The molecule has 0 saturated carbocycles. The Kier molecular flexibility index (Phi) is 5.68. The number of carbonyl (C=O) groups is 2. The maximum absolute atomic E-state index is 13.0. The van der Waals surface area contributed by atoms with Crippen LogP contribution in [0.4, 0.5) is 5.69 Å². The predicted octanol–water partition coefficient (Wildman–Crippen LogP) is 3.64. The third kappa shape index (κ3) is 3.85. The number of nitrogens with one attached hydrogen (secondary N) is 1. The number of ether oxygens (including phenoxy) is 1. The van der Waals surface area contributed by atoms with E-state index in [1.54, 1.807) is 11.6 Å². The molecule has 7 nitrogen and oxygen atoms in total. The predicted molar refractivity (Wildman–Crippen MR) is 112 cm³/mol. The molecule has 3 aromatic rings. The summed E-state index contributed by atoms with van der Waals surface area (Å²) < 4.78 is 7.23. The molecule has 0 saturated heterocycles. The van der Waals surface area contributed by atoms with Crippen molar-refractivity contribution in [3.05, 3.63) is 52.5 Å². The Bertz CT molecular complexity index is 1100. The highest BCUT2D eigenvalue weighted by Gasteiger charge is 2.24. The van der Waals surface area contributed by atoms with Crippen LogP contribution in [-0.4, -0.2) is 32.7 Å². The van der Waals surface area contributed by atoms with E-state index in [1.807, 2.05) is 59.0 Å². The largest absolute Gasteiger partial charge is 0.449 e. The first kappa shape index (κ1) is 20.5. The van der Waals surface area contributed by atoms with Gasteiger partial charge in [0.15, 0.2) is 6.10 Å². The second-order valence-corrected chi connectivity index (χ2v) is 7.14. The van der Waals surface area contributed by atoms with Crippen molar-refractivity contribution in [2.24, 2.45) is 7.05 Å². The van der Waals surface area contributed by atoms with Gasteiger partial charge in [-0.2, -0.15) is 5.10 Å². The number of esters is 1. The normalized spacial score (nSPS) is 12.1. The minimum Gasteiger partial charge on any atom is -0.449 e. The molecule has 7 heteroatoms. The van der Waals surface area contributed by atoms with Crippen LogP contribution in [0.5, 0.6) is 0 Å². The fourth-order valence-electron chi connectivity index (χ4n) is 3.42. The first-order chi connectivity index (χ1) is 13.7. The molecule has 0 aliphatic carbocycles. The average molecular weight is 394 g/mol. The van der Waals surface area contributed by atoms with Crippen molar-refractivity contribution < 1.29 is 14.3 Å². The first-order valence-corrected chi connectivity index (χ1v) is 9.64. The lowest BCUT2D eigenvalue weighted by molar-refractivity contribution is -0.123. The summed E-state index contributed by atoms with van der Waals surface area (Å²) >= 11 is 0. The Morgan fingerprint density at radius 2 is 1.90 bits per heavy atom. The molecule has 1 aromatic carbocycles. The quantitative estimate of drug-likeness (QED) is 0.668. The topological polar surface area (TPSA) is 86.1 Å². The van der Waals surface area contributed by atoms with Crippen molar-refractivity contribution in [3.63, 3.8) is 0 Å². The summed E-state index contributed by atoms with van der Waals surface area (Å²) in [4.78, 5) is 30.3. The summed E-state index contributed by atoms with van der Waals surface area (Å²) in [7, 11) is 1.81. The molecule has 0 spiro atoms. The van der Waals surface area contributed by atoms with Gasteiger partial charge in [-0.1, -0.05) is 25.1 Å². The van der Waals surface area contributed by atoms with Gasteiger partial charge in [-0.05, 0) is 45.7 Å². The Morgan fingerprint density at radius 1 is 1.21 bits per heavy atom. The van der Waals surface area contributed by atoms with Crippen LogP contribution in [0.25, 0.3) is 10.9 Å². The van der Waals surface area contributed by atoms with Gasteiger partial charge in [0.2, 0.25) is 0 Å². The molecule has 0 radical (unpaired) electrons. The van der Waals surface area contributed by atoms with Crippen LogP contribution in [0.2, 0.25) is 0 Å². The minimum absolute atomic E-state index is 0.399. The number of hydrogen-bond acceptors (Lipinski definition) is 5. The van der Waals surface area contributed by atoms with E-state index >= 15 is 0 Å². The maximum atomic E-state index is 13.0. The van der Waals surface area contributed by atoms with Gasteiger partial charge in [0, 0.05) is 18.1 Å². The standard InChI is InChI=1S/C22H26N4O3/c1-7-17-12(2)19(16-10-8-9-11-18(16)23-17)22(28)29-15(5)21(27)24-20-13(3)25-26(6)14(20)4/h8-11,15H,7H2,1-6H3,(H,24,27)/t15-/m1/s1. The molecule has 1 N–H and O–H groups in total. The number of nitrogens with zero attached hydrogens (tertiary/aromatic N) is 3. The van der Waals surface area contributed by atoms with E-state index in [0.717, 1.165) is 27.9 Å². The molecule has 1 atom stereocenters. The number of aryl methyl sites for hydroxylation is 3. The van der Waals surface area contributed by atoms with Crippen LogP contribution in [0.3, 0.4) is 0 Å². The lowest BCUT2D eigenvalue weighted by Gasteiger charge is -2.17. The second-order valence-electron chi connectivity index (χ2n) is 7.14. The first-order valence-electron chi connectivity index (χ1n) is 9.64. The summed E-state index contributed by atoms with van der Waals surface area (Å²) in [6.45, 7) is 9.10. The van der Waals surface area contributed by atoms with Crippen LogP contribution in [0.1, 0.15) is 46.9 Å². The molecule has 0 unspecified atom stereocenters. The van der Waals surface area contributed by atoms with E-state index in [-0.39, 0.29) is 0 Å². The summed E-state index contributed by atoms with van der Waals surface area (Å²) in [5.41, 5.74) is 5.00. The number of amides is 1. The molecule has 2 aromatic heterocycles. The van der Waals surface area contributed by atoms with Crippen molar-refractivity contribution in [1.29, 1.82) is 0 Å². The lowest BCUT2D eigenvalue weighted by Crippen LogP contribution is -2.30. The van der Waals surface area contributed by atoms with Gasteiger partial charge >= 0.3 is 5.97 Å². The molecule has 3 rings (SSSR count). The van der Waals surface area contributed by atoms with E-state index in [1.165, 1.54) is 0 Å². The molecule has 29 heavy (non-hydrogen) atoms. The Labute approximate surface area is 170 Å². The molecular formula is C22H26N4O3. The molecule has 2 heterocycles. The number of carbonyl (C=O) groups excluding carboxylic acids is 2. The summed E-state index contributed by atoms with van der Waals surface area (Å²) in [5, 5.41) is 7.82. The Hall–Kier alpha value is -3.22. The number of anilines is 1. The Balaban J connectivity index is 1.86. The lowest BCUT2D eigenvalue weighted by atomic mass is 10.0. The van der Waals surface area contributed by atoms with Crippen molar-refractivity contribution in [2.75, 3.05) is 5.32 Å². The maximum Gasteiger partial charge on any atom is 0.339 e. The summed E-state index contributed by atoms with van der Waals surface area (Å²) in [6.07, 6.45) is -0.259. The third-order valence-corrected chi connectivity index (χ3v) is 5.19. The van der Waals surface area contributed by atoms with Gasteiger partial charge in [-0.3, -0.25) is 14.5 Å². The van der Waals surface area contributed by atoms with Crippen LogP contribution in [0, 0.1) is 20.8 Å². The SMILES string of the molecule is CCc1nc2ccccc2c(C(=O)O[C@H](C)C(=O)Nc2c(C)nn(C)c2C)c1C. The highest BCUT2D eigenvalue weighted by Crippen LogP contribution is 2.25. The van der Waals surface area contributed by atoms with Gasteiger partial charge in [0.05, 0.1) is 28.2 Å². The van der Waals surface area contributed by atoms with Gasteiger partial charge in [-0.15, -0.1) is 0 Å². The fourth-order valence-corrected chi connectivity index (χ4v) is 3.42. The van der Waals surface area contributed by atoms with E-state index < -0.39 is 18.0 Å². The number of para-hydroxylation sites is 1. The van der Waals surface area contributed by atoms with Crippen LogP contribution < -0.4 is 5.32 Å². The average Bonchev–Trinajstić information content (AvgIpc) is 2.93. The molecule has 0 bridgehead atoms. The van der Waals surface area contributed by atoms with Crippen molar-refractivity contribution in [1.82, 2.24) is 14.8 Å². The van der Waals surface area contributed by atoms with Crippen molar-refractivity contribution in [3.8, 4) is 0 Å². The molecular weight excluding hydrogens is 368 g/mol. The minimum atomic E-state index is -0.960. The van der Waals surface area contributed by atoms with Crippen LogP contribution >= 0.6 is 0 Å². The molecule has 0 aliphatic rings. The Morgan fingerprint density at radius 3 is 2.52 bits per heavy atom. The second kappa shape index (κ2) is 8.03. The van der Waals surface area contributed by atoms with Crippen LogP contribution in [0.15, 0.2) is 24.3 Å². The molecule has 0 fully saturated rings. The van der Waals surface area contributed by atoms with Gasteiger partial charge in [0.25, 0.3) is 5.91 Å². The van der Waals surface area contributed by atoms with E-state index in [9.17, 15) is 9.59 Å². The summed E-state index contributed by atoms with van der Waals surface area (Å²) in [5.74, 6) is -0.928. The zero-order chi connectivity index (χ0) is 21.3. The monoisotopic (exact) mass is 394 g/mol. The summed E-state index contributed by atoms with van der Waals surface area (Å²) in [6, 6.07) is 7.46. The van der Waals surface area contributed by atoms with Gasteiger partial charge < -0.3 is 10.1 Å². The smallest absolute Gasteiger partial charge is 0.339 e. The highest BCUT2D eigenvalue weighted by molar-refractivity contribution is 6.06. The number of aromatic nitrogens is 3. The number of pyridine rings is 1. The van der Waals surface area contributed by atoms with Gasteiger partial charge in [0.1, 0.15) is 0 Å². The fraction of sp³-hybridized carbons (Fsp3) is 0.364. The van der Waals surface area contributed by atoms with E-state index in [4.69, 9.17) is 4.74 Å². The highest BCUT2D eigenvalue weighted by atomic mass is 16.5. The van der Waals surface area contributed by atoms with Gasteiger partial charge in [-0.25, -0.2) is 4.79 Å². The zero-order valence-electron chi connectivity index (χ0n) is 17.7.